The van der Waals surface area contributed by atoms with E-state index in [1.165, 1.54) is 37.7 Å². The fraction of sp³-hybridized carbons (Fsp3) is 0.625. The van der Waals surface area contributed by atoms with E-state index in [0.717, 1.165) is 5.75 Å². The topological polar surface area (TPSA) is 58.9 Å². The van der Waals surface area contributed by atoms with Crippen LogP contribution >= 0.6 is 0 Å². The zero-order valence-corrected chi connectivity index (χ0v) is 13.2. The first-order valence-corrected chi connectivity index (χ1v) is 7.69. The third kappa shape index (κ3) is 5.69. The van der Waals surface area contributed by atoms with Gasteiger partial charge in [-0.15, -0.1) is 0 Å². The summed E-state index contributed by atoms with van der Waals surface area (Å²) in [5.41, 5.74) is 1.63. The number of rotatable bonds is 5. The van der Waals surface area contributed by atoms with Crippen molar-refractivity contribution >= 4 is 7.69 Å². The largest absolute Gasteiger partial charge is 0.467 e. The van der Waals surface area contributed by atoms with Crippen molar-refractivity contribution in [1.82, 2.24) is 0 Å². The first kappa shape index (κ1) is 18.0. The molecule has 0 aliphatic heterocycles. The van der Waals surface area contributed by atoms with Crippen LogP contribution in [-0.4, -0.2) is 31.1 Å². The fourth-order valence-electron chi connectivity index (χ4n) is 2.88. The second kappa shape index (κ2) is 9.82. The number of hydrogen-bond acceptors (Lipinski definition) is 4. The number of ether oxygens (including phenoxy) is 2. The SMILES string of the molecule is CCOCOc1ccccc1C1(C)CCCCC1.OBO. The predicted octanol–water partition coefficient (Wildman–Crippen LogP) is 2.52. The molecule has 0 unspecified atom stereocenters. The van der Waals surface area contributed by atoms with Crippen molar-refractivity contribution in [2.75, 3.05) is 13.4 Å². The predicted molar refractivity (Wildman–Crippen MR) is 85.6 cm³/mol. The van der Waals surface area contributed by atoms with Gasteiger partial charge in [-0.2, -0.15) is 0 Å². The lowest BCUT2D eigenvalue weighted by Gasteiger charge is -2.35. The van der Waals surface area contributed by atoms with Crippen LogP contribution in [0.1, 0.15) is 51.5 Å². The zero-order valence-electron chi connectivity index (χ0n) is 13.2. The monoisotopic (exact) mass is 294 g/mol. The van der Waals surface area contributed by atoms with Gasteiger partial charge in [0.05, 0.1) is 0 Å². The second-order valence-electron chi connectivity index (χ2n) is 5.51. The molecule has 1 aromatic carbocycles. The van der Waals surface area contributed by atoms with Gasteiger partial charge >= 0.3 is 7.69 Å². The maximum Gasteiger partial charge on any atom is 0.432 e. The highest BCUT2D eigenvalue weighted by Crippen LogP contribution is 2.42. The van der Waals surface area contributed by atoms with Gasteiger partial charge in [0.25, 0.3) is 0 Å². The van der Waals surface area contributed by atoms with E-state index in [2.05, 4.69) is 25.1 Å². The summed E-state index contributed by atoms with van der Waals surface area (Å²) in [6, 6.07) is 8.43. The quantitative estimate of drug-likeness (QED) is 0.498. The summed E-state index contributed by atoms with van der Waals surface area (Å²) >= 11 is 0. The van der Waals surface area contributed by atoms with Crippen LogP contribution < -0.4 is 4.74 Å². The van der Waals surface area contributed by atoms with Crippen molar-refractivity contribution in [2.45, 2.75) is 51.4 Å². The molecule has 0 spiro atoms. The molecule has 1 saturated carbocycles. The van der Waals surface area contributed by atoms with Gasteiger partial charge < -0.3 is 19.5 Å². The molecule has 21 heavy (non-hydrogen) atoms. The number of hydrogen-bond donors (Lipinski definition) is 2. The molecule has 0 aromatic heterocycles. The summed E-state index contributed by atoms with van der Waals surface area (Å²) in [4.78, 5) is 0. The molecule has 1 fully saturated rings. The molecule has 2 N–H and O–H groups in total. The van der Waals surface area contributed by atoms with Crippen LogP contribution in [0.3, 0.4) is 0 Å². The van der Waals surface area contributed by atoms with E-state index in [4.69, 9.17) is 19.5 Å². The lowest BCUT2D eigenvalue weighted by molar-refractivity contribution is 0.0209. The Hall–Kier alpha value is -1.04. The molecule has 5 heteroatoms. The molecule has 0 radical (unpaired) electrons. The van der Waals surface area contributed by atoms with E-state index >= 15 is 0 Å². The Morgan fingerprint density at radius 2 is 1.76 bits per heavy atom. The molecule has 2 rings (SSSR count). The van der Waals surface area contributed by atoms with E-state index in [0.29, 0.717) is 13.4 Å². The lowest BCUT2D eigenvalue weighted by atomic mass is 9.71. The van der Waals surface area contributed by atoms with Gasteiger partial charge in [-0.25, -0.2) is 0 Å². The van der Waals surface area contributed by atoms with Crippen LogP contribution in [0.15, 0.2) is 24.3 Å². The highest BCUT2D eigenvalue weighted by atomic mass is 16.7. The standard InChI is InChI=1S/C16H24O2.BH3O2/c1-3-17-13-18-15-10-6-5-9-14(15)16(2)11-7-4-8-12-16;2-1-3/h5-6,9-10H,3-4,7-8,11-13H2,1-2H3;1-3H. The van der Waals surface area contributed by atoms with Gasteiger partial charge in [0.1, 0.15) is 5.75 Å². The summed E-state index contributed by atoms with van der Waals surface area (Å²) in [6.45, 7) is 5.40. The molecule has 0 saturated heterocycles. The van der Waals surface area contributed by atoms with Crippen LogP contribution in [0, 0.1) is 0 Å². The molecule has 1 aromatic rings. The van der Waals surface area contributed by atoms with Gasteiger partial charge in [-0.3, -0.25) is 0 Å². The van der Waals surface area contributed by atoms with Gasteiger partial charge in [0, 0.05) is 12.2 Å². The summed E-state index contributed by atoms with van der Waals surface area (Å²) in [5.74, 6) is 0.996. The van der Waals surface area contributed by atoms with E-state index in [-0.39, 0.29) is 5.41 Å². The molecular weight excluding hydrogens is 267 g/mol. The third-order valence-electron chi connectivity index (χ3n) is 4.00. The summed E-state index contributed by atoms with van der Waals surface area (Å²) in [6.07, 6.45) is 6.56. The van der Waals surface area contributed by atoms with Crippen molar-refractivity contribution in [3.63, 3.8) is 0 Å². The smallest absolute Gasteiger partial charge is 0.432 e. The highest BCUT2D eigenvalue weighted by molar-refractivity contribution is 6.13. The Bertz CT molecular complexity index is 392. The van der Waals surface area contributed by atoms with Crippen molar-refractivity contribution < 1.29 is 19.5 Å². The van der Waals surface area contributed by atoms with Crippen LogP contribution in [0.5, 0.6) is 5.75 Å². The van der Waals surface area contributed by atoms with Crippen molar-refractivity contribution in [2.24, 2.45) is 0 Å². The van der Waals surface area contributed by atoms with Gasteiger partial charge in [-0.05, 0) is 31.2 Å². The molecule has 0 heterocycles. The van der Waals surface area contributed by atoms with Gasteiger partial charge in [0.2, 0.25) is 0 Å². The first-order valence-electron chi connectivity index (χ1n) is 7.69. The average Bonchev–Trinajstić information content (AvgIpc) is 2.49. The molecule has 1 aliphatic rings. The van der Waals surface area contributed by atoms with Crippen LogP contribution in [-0.2, 0) is 10.2 Å². The molecule has 4 nitrogen and oxygen atoms in total. The lowest BCUT2D eigenvalue weighted by Crippen LogP contribution is -2.26. The molecule has 0 atom stereocenters. The number of benzene rings is 1. The van der Waals surface area contributed by atoms with E-state index < -0.39 is 7.69 Å². The minimum atomic E-state index is -0.750. The molecule has 0 bridgehead atoms. The van der Waals surface area contributed by atoms with E-state index in [9.17, 15) is 0 Å². The van der Waals surface area contributed by atoms with Crippen molar-refractivity contribution in [1.29, 1.82) is 0 Å². The van der Waals surface area contributed by atoms with Crippen LogP contribution in [0.2, 0.25) is 0 Å². The van der Waals surface area contributed by atoms with Crippen LogP contribution in [0.4, 0.5) is 0 Å². The molecule has 1 aliphatic carbocycles. The Kier molecular flexibility index (Phi) is 8.42. The van der Waals surface area contributed by atoms with E-state index in [1.54, 1.807) is 0 Å². The molecule has 118 valence electrons. The first-order chi connectivity index (χ1) is 10.2. The third-order valence-corrected chi connectivity index (χ3v) is 4.00. The summed E-state index contributed by atoms with van der Waals surface area (Å²) in [7, 11) is -0.750. The van der Waals surface area contributed by atoms with Gasteiger partial charge in [0.15, 0.2) is 6.79 Å². The Morgan fingerprint density at radius 1 is 1.14 bits per heavy atom. The Labute approximate surface area is 128 Å². The average molecular weight is 294 g/mol. The number of para-hydroxylation sites is 1. The Balaban J connectivity index is 0.000000677. The maximum absolute atomic E-state index is 7.12. The van der Waals surface area contributed by atoms with Crippen molar-refractivity contribution in [3.8, 4) is 5.75 Å². The summed E-state index contributed by atoms with van der Waals surface area (Å²) in [5, 5.41) is 14.2. The minimum absolute atomic E-state index is 0.279. The maximum atomic E-state index is 7.12. The zero-order chi connectivity index (χ0) is 15.6. The highest BCUT2D eigenvalue weighted by Gasteiger charge is 2.31. The second-order valence-corrected chi connectivity index (χ2v) is 5.51. The summed E-state index contributed by atoms with van der Waals surface area (Å²) < 4.78 is 11.1. The normalized spacial score (nSPS) is 16.6. The Morgan fingerprint density at radius 3 is 2.38 bits per heavy atom. The minimum Gasteiger partial charge on any atom is -0.467 e. The van der Waals surface area contributed by atoms with Gasteiger partial charge in [-0.1, -0.05) is 44.4 Å². The fourth-order valence-corrected chi connectivity index (χ4v) is 2.88. The molecule has 0 amide bonds. The van der Waals surface area contributed by atoms with E-state index in [1.807, 2.05) is 13.0 Å². The van der Waals surface area contributed by atoms with Crippen LogP contribution in [0.25, 0.3) is 0 Å². The van der Waals surface area contributed by atoms with Crippen molar-refractivity contribution in [3.05, 3.63) is 29.8 Å². The molecular formula is C16H27BO4.